The Morgan fingerprint density at radius 2 is 2.08 bits per heavy atom. The number of methoxy groups -OCH3 is 1. The molecule has 1 rings (SSSR count). The predicted molar refractivity (Wildman–Crippen MR) is 104 cm³/mol. The highest BCUT2D eigenvalue weighted by atomic mass is 127. The molecule has 3 N–H and O–H groups in total. The van der Waals surface area contributed by atoms with Gasteiger partial charge in [-0.05, 0) is 19.3 Å². The zero-order valence-corrected chi connectivity index (χ0v) is 17.0. The molecule has 1 saturated heterocycles. The minimum Gasteiger partial charge on any atom is -0.383 e. The Bertz CT molecular complexity index is 352. The summed E-state index contributed by atoms with van der Waals surface area (Å²) in [4.78, 5) is 15.6. The molecule has 0 saturated carbocycles. The van der Waals surface area contributed by atoms with Crippen molar-refractivity contribution in [3.05, 3.63) is 0 Å². The van der Waals surface area contributed by atoms with Crippen LogP contribution in [0.15, 0.2) is 4.99 Å². The number of guanidine groups is 1. The lowest BCUT2D eigenvalue weighted by Gasteiger charge is -2.13. The molecule has 142 valence electrons. The molecule has 1 amide bonds. The van der Waals surface area contributed by atoms with Crippen LogP contribution in [-0.4, -0.2) is 78.2 Å². The van der Waals surface area contributed by atoms with Crippen LogP contribution in [0.25, 0.3) is 0 Å². The van der Waals surface area contributed by atoms with E-state index in [1.807, 2.05) is 0 Å². The quantitative estimate of drug-likeness (QED) is 0.176. The minimum absolute atomic E-state index is 0. The number of halogens is 1. The first-order chi connectivity index (χ1) is 11.3. The van der Waals surface area contributed by atoms with E-state index in [4.69, 9.17) is 14.2 Å². The summed E-state index contributed by atoms with van der Waals surface area (Å²) in [5.41, 5.74) is 0. The van der Waals surface area contributed by atoms with Gasteiger partial charge in [0.15, 0.2) is 5.96 Å². The van der Waals surface area contributed by atoms with E-state index in [0.29, 0.717) is 32.3 Å². The van der Waals surface area contributed by atoms with Gasteiger partial charge in [0, 0.05) is 40.5 Å². The number of nitrogens with zero attached hydrogens (tertiary/aromatic N) is 1. The van der Waals surface area contributed by atoms with Crippen molar-refractivity contribution < 1.29 is 19.0 Å². The Hall–Kier alpha value is -0.650. The van der Waals surface area contributed by atoms with Gasteiger partial charge in [-0.3, -0.25) is 9.79 Å². The maximum absolute atomic E-state index is 11.5. The fourth-order valence-corrected chi connectivity index (χ4v) is 2.11. The Morgan fingerprint density at radius 3 is 2.75 bits per heavy atom. The van der Waals surface area contributed by atoms with Crippen molar-refractivity contribution in [1.82, 2.24) is 16.0 Å². The van der Waals surface area contributed by atoms with Crippen LogP contribution in [0.1, 0.15) is 19.3 Å². The van der Waals surface area contributed by atoms with Gasteiger partial charge in [0.05, 0.1) is 25.9 Å². The highest BCUT2D eigenvalue weighted by molar-refractivity contribution is 14.0. The molecule has 0 aromatic rings. The average Bonchev–Trinajstić information content (AvgIpc) is 3.07. The SMILES string of the molecule is CN=C(NCCCOCC1CCCO1)NCC(=O)NCCOC.I. The summed E-state index contributed by atoms with van der Waals surface area (Å²) in [5.74, 6) is 0.510. The van der Waals surface area contributed by atoms with Gasteiger partial charge in [-0.25, -0.2) is 0 Å². The number of amides is 1. The number of hydrogen-bond acceptors (Lipinski definition) is 5. The molecule has 1 aliphatic heterocycles. The number of ether oxygens (including phenoxy) is 3. The molecule has 0 bridgehead atoms. The van der Waals surface area contributed by atoms with E-state index in [9.17, 15) is 4.79 Å². The van der Waals surface area contributed by atoms with Crippen LogP contribution in [0.3, 0.4) is 0 Å². The fourth-order valence-electron chi connectivity index (χ4n) is 2.11. The van der Waals surface area contributed by atoms with Crippen LogP contribution in [0.2, 0.25) is 0 Å². The van der Waals surface area contributed by atoms with Crippen molar-refractivity contribution in [3.63, 3.8) is 0 Å². The van der Waals surface area contributed by atoms with Gasteiger partial charge in [-0.2, -0.15) is 0 Å². The van der Waals surface area contributed by atoms with Crippen LogP contribution in [0.4, 0.5) is 0 Å². The Labute approximate surface area is 161 Å². The number of carbonyl (C=O) groups excluding carboxylic acids is 1. The summed E-state index contributed by atoms with van der Waals surface area (Å²) in [7, 11) is 3.27. The van der Waals surface area contributed by atoms with Crippen LogP contribution >= 0.6 is 24.0 Å². The molecule has 0 aliphatic carbocycles. The zero-order chi connectivity index (χ0) is 16.8. The van der Waals surface area contributed by atoms with E-state index in [0.717, 1.165) is 32.4 Å². The van der Waals surface area contributed by atoms with Crippen LogP contribution < -0.4 is 16.0 Å². The molecule has 1 fully saturated rings. The van der Waals surface area contributed by atoms with Gasteiger partial charge in [-0.1, -0.05) is 0 Å². The average molecular weight is 458 g/mol. The molecule has 1 unspecified atom stereocenters. The number of nitrogens with one attached hydrogen (secondary N) is 3. The highest BCUT2D eigenvalue weighted by Gasteiger charge is 2.14. The van der Waals surface area contributed by atoms with Gasteiger partial charge in [0.1, 0.15) is 0 Å². The maximum atomic E-state index is 11.5. The molecular weight excluding hydrogens is 427 g/mol. The molecule has 0 aromatic carbocycles. The van der Waals surface area contributed by atoms with Gasteiger partial charge in [0.2, 0.25) is 5.91 Å². The standard InChI is InChI=1S/C15H30N4O4.HI/c1-16-15(19-11-14(20)17-7-10-21-2)18-6-4-8-22-12-13-5-3-9-23-13;/h13H,3-12H2,1-2H3,(H,17,20)(H2,16,18,19);1H. The molecule has 0 radical (unpaired) electrons. The van der Waals surface area contributed by atoms with Crippen molar-refractivity contribution in [3.8, 4) is 0 Å². The van der Waals surface area contributed by atoms with Gasteiger partial charge < -0.3 is 30.2 Å². The Kier molecular flexibility index (Phi) is 15.4. The lowest BCUT2D eigenvalue weighted by atomic mass is 10.2. The van der Waals surface area contributed by atoms with E-state index < -0.39 is 0 Å². The number of hydrogen-bond donors (Lipinski definition) is 3. The lowest BCUT2D eigenvalue weighted by molar-refractivity contribution is -0.120. The summed E-state index contributed by atoms with van der Waals surface area (Å²) >= 11 is 0. The van der Waals surface area contributed by atoms with Crippen molar-refractivity contribution in [1.29, 1.82) is 0 Å². The summed E-state index contributed by atoms with van der Waals surface area (Å²) in [6.07, 6.45) is 3.37. The third-order valence-corrected chi connectivity index (χ3v) is 3.35. The summed E-state index contributed by atoms with van der Waals surface area (Å²) in [6.45, 7) is 4.14. The second kappa shape index (κ2) is 15.9. The van der Waals surface area contributed by atoms with Crippen LogP contribution in [0.5, 0.6) is 0 Å². The molecule has 0 aromatic heterocycles. The number of aliphatic imine (C=N–C) groups is 1. The van der Waals surface area contributed by atoms with Crippen molar-refractivity contribution in [2.75, 3.05) is 60.2 Å². The molecule has 1 heterocycles. The summed E-state index contributed by atoms with van der Waals surface area (Å²) in [6, 6.07) is 0. The first-order valence-corrected chi connectivity index (χ1v) is 8.15. The monoisotopic (exact) mass is 458 g/mol. The Balaban J connectivity index is 0.00000529. The molecule has 0 spiro atoms. The largest absolute Gasteiger partial charge is 0.383 e. The summed E-state index contributed by atoms with van der Waals surface area (Å²) in [5, 5.41) is 8.83. The predicted octanol–water partition coefficient (Wildman–Crippen LogP) is 0.118. The minimum atomic E-state index is -0.0927. The van der Waals surface area contributed by atoms with Crippen LogP contribution in [-0.2, 0) is 19.0 Å². The van der Waals surface area contributed by atoms with E-state index >= 15 is 0 Å². The topological polar surface area (TPSA) is 93.2 Å². The van der Waals surface area contributed by atoms with Crippen molar-refractivity contribution in [2.24, 2.45) is 4.99 Å². The molecule has 9 heteroatoms. The molecular formula is C15H31IN4O4. The van der Waals surface area contributed by atoms with Gasteiger partial charge >= 0.3 is 0 Å². The van der Waals surface area contributed by atoms with Crippen LogP contribution in [0, 0.1) is 0 Å². The Morgan fingerprint density at radius 1 is 1.25 bits per heavy atom. The van der Waals surface area contributed by atoms with E-state index in [-0.39, 0.29) is 42.5 Å². The number of rotatable bonds is 11. The van der Waals surface area contributed by atoms with Gasteiger partial charge in [-0.15, -0.1) is 24.0 Å². The molecule has 24 heavy (non-hydrogen) atoms. The smallest absolute Gasteiger partial charge is 0.239 e. The second-order valence-electron chi connectivity index (χ2n) is 5.26. The summed E-state index contributed by atoms with van der Waals surface area (Å²) < 4.78 is 15.9. The molecule has 1 aliphatic rings. The fraction of sp³-hybridized carbons (Fsp3) is 0.867. The van der Waals surface area contributed by atoms with E-state index in [1.54, 1.807) is 14.2 Å². The van der Waals surface area contributed by atoms with E-state index in [2.05, 4.69) is 20.9 Å². The highest BCUT2D eigenvalue weighted by Crippen LogP contribution is 2.11. The molecule has 8 nitrogen and oxygen atoms in total. The third kappa shape index (κ3) is 11.8. The maximum Gasteiger partial charge on any atom is 0.239 e. The first-order valence-electron chi connectivity index (χ1n) is 8.15. The zero-order valence-electron chi connectivity index (χ0n) is 14.6. The molecule has 1 atom stereocenters. The number of carbonyl (C=O) groups is 1. The third-order valence-electron chi connectivity index (χ3n) is 3.35. The first kappa shape index (κ1) is 23.4. The van der Waals surface area contributed by atoms with Crippen molar-refractivity contribution >= 4 is 35.8 Å². The lowest BCUT2D eigenvalue weighted by Crippen LogP contribution is -2.44. The normalized spacial score (nSPS) is 17.2. The second-order valence-corrected chi connectivity index (χ2v) is 5.26. The van der Waals surface area contributed by atoms with E-state index in [1.165, 1.54) is 0 Å². The van der Waals surface area contributed by atoms with Crippen molar-refractivity contribution in [2.45, 2.75) is 25.4 Å². The van der Waals surface area contributed by atoms with Gasteiger partial charge in [0.25, 0.3) is 0 Å².